The molecule has 1 aliphatic rings. The van der Waals surface area contributed by atoms with Crippen LogP contribution >= 0.6 is 35.7 Å². The van der Waals surface area contributed by atoms with Crippen molar-refractivity contribution >= 4 is 41.7 Å². The van der Waals surface area contributed by atoms with Crippen molar-refractivity contribution in [1.29, 1.82) is 0 Å². The number of aliphatic imine (C=N–C) groups is 1. The van der Waals surface area contributed by atoms with Gasteiger partial charge < -0.3 is 15.7 Å². The maximum absolute atomic E-state index is 9.45. The van der Waals surface area contributed by atoms with Gasteiger partial charge in [-0.2, -0.15) is 11.8 Å². The molecule has 118 valence electrons. The van der Waals surface area contributed by atoms with Gasteiger partial charge in [0.15, 0.2) is 5.96 Å². The minimum atomic E-state index is 0. The van der Waals surface area contributed by atoms with Crippen molar-refractivity contribution in [2.24, 2.45) is 4.99 Å². The van der Waals surface area contributed by atoms with E-state index in [2.05, 4.69) is 22.5 Å². The molecule has 21 heavy (non-hydrogen) atoms. The third-order valence-electron chi connectivity index (χ3n) is 3.20. The van der Waals surface area contributed by atoms with Gasteiger partial charge in [0.05, 0.1) is 6.54 Å². The fourth-order valence-corrected chi connectivity index (χ4v) is 3.38. The highest BCUT2D eigenvalue weighted by atomic mass is 127. The average Bonchev–Trinajstić information content (AvgIpc) is 2.95. The molecule has 3 N–H and O–H groups in total. The number of hydrogen-bond donors (Lipinski definition) is 3. The Morgan fingerprint density at radius 1 is 1.43 bits per heavy atom. The molecule has 1 heterocycles. The zero-order valence-corrected chi connectivity index (χ0v) is 15.5. The molecule has 0 radical (unpaired) electrons. The molecule has 1 atom stereocenters. The van der Waals surface area contributed by atoms with Crippen LogP contribution in [-0.2, 0) is 6.54 Å². The van der Waals surface area contributed by atoms with E-state index >= 15 is 0 Å². The smallest absolute Gasteiger partial charge is 0.191 e. The Balaban J connectivity index is 0.00000220. The Morgan fingerprint density at radius 3 is 2.95 bits per heavy atom. The molecule has 1 aromatic carbocycles. The minimum Gasteiger partial charge on any atom is -0.508 e. The van der Waals surface area contributed by atoms with Gasteiger partial charge in [-0.1, -0.05) is 12.1 Å². The Bertz CT molecular complexity index is 450. The Labute approximate surface area is 148 Å². The second-order valence-electron chi connectivity index (χ2n) is 4.88. The molecule has 4 nitrogen and oxygen atoms in total. The molecule has 0 saturated carbocycles. The fraction of sp³-hybridized carbons (Fsp3) is 0.533. The number of guanidine groups is 1. The summed E-state index contributed by atoms with van der Waals surface area (Å²) < 4.78 is 0. The summed E-state index contributed by atoms with van der Waals surface area (Å²) in [7, 11) is 0. The standard InChI is InChI=1S/C15H23N3OS.HI/c1-2-16-15(18-11-14-7-4-8-20-14)17-10-12-5-3-6-13(19)9-12;/h3,5-6,9,14,19H,2,4,7-8,10-11H2,1H3,(H2,16,17,18);1H. The van der Waals surface area contributed by atoms with Crippen molar-refractivity contribution in [2.75, 3.05) is 18.8 Å². The lowest BCUT2D eigenvalue weighted by molar-refractivity contribution is 0.474. The van der Waals surface area contributed by atoms with Gasteiger partial charge in [-0.3, -0.25) is 0 Å². The van der Waals surface area contributed by atoms with Crippen molar-refractivity contribution < 1.29 is 5.11 Å². The van der Waals surface area contributed by atoms with E-state index in [4.69, 9.17) is 0 Å². The summed E-state index contributed by atoms with van der Waals surface area (Å²) in [5.74, 6) is 2.42. The number of halogens is 1. The molecule has 0 spiro atoms. The molecule has 0 aliphatic carbocycles. The van der Waals surface area contributed by atoms with Gasteiger partial charge >= 0.3 is 0 Å². The summed E-state index contributed by atoms with van der Waals surface area (Å²) in [5, 5.41) is 16.8. The van der Waals surface area contributed by atoms with Crippen LogP contribution in [0.1, 0.15) is 25.3 Å². The highest BCUT2D eigenvalue weighted by Crippen LogP contribution is 2.25. The molecule has 0 amide bonds. The van der Waals surface area contributed by atoms with Crippen LogP contribution in [0.4, 0.5) is 0 Å². The minimum absolute atomic E-state index is 0. The molecular formula is C15H24IN3OS. The predicted molar refractivity (Wildman–Crippen MR) is 102 cm³/mol. The maximum atomic E-state index is 9.45. The SMILES string of the molecule is CCNC(=NCc1cccc(O)c1)NCC1CCCS1.I. The summed E-state index contributed by atoms with van der Waals surface area (Å²) in [5.41, 5.74) is 1.01. The van der Waals surface area contributed by atoms with Crippen LogP contribution in [0.3, 0.4) is 0 Å². The average molecular weight is 421 g/mol. The second kappa shape index (κ2) is 10.2. The van der Waals surface area contributed by atoms with Gasteiger partial charge in [0.1, 0.15) is 5.75 Å². The van der Waals surface area contributed by atoms with E-state index in [-0.39, 0.29) is 29.7 Å². The van der Waals surface area contributed by atoms with Crippen molar-refractivity contribution in [1.82, 2.24) is 10.6 Å². The normalized spacial score (nSPS) is 18.1. The number of nitrogens with one attached hydrogen (secondary N) is 2. The topological polar surface area (TPSA) is 56.7 Å². The van der Waals surface area contributed by atoms with Crippen molar-refractivity contribution in [2.45, 2.75) is 31.6 Å². The largest absolute Gasteiger partial charge is 0.508 e. The molecule has 2 rings (SSSR count). The van der Waals surface area contributed by atoms with E-state index in [9.17, 15) is 5.11 Å². The highest BCUT2D eigenvalue weighted by Gasteiger charge is 2.15. The van der Waals surface area contributed by atoms with E-state index in [1.165, 1.54) is 18.6 Å². The van der Waals surface area contributed by atoms with Crippen molar-refractivity contribution in [3.05, 3.63) is 29.8 Å². The number of rotatable bonds is 5. The van der Waals surface area contributed by atoms with Crippen LogP contribution in [0, 0.1) is 0 Å². The molecule has 1 fully saturated rings. The lowest BCUT2D eigenvalue weighted by Gasteiger charge is -2.14. The summed E-state index contributed by atoms with van der Waals surface area (Å²) >= 11 is 2.04. The van der Waals surface area contributed by atoms with Gasteiger partial charge in [0, 0.05) is 18.3 Å². The summed E-state index contributed by atoms with van der Waals surface area (Å²) in [4.78, 5) is 4.56. The van der Waals surface area contributed by atoms with Gasteiger partial charge in [-0.25, -0.2) is 4.99 Å². The Kier molecular flexibility index (Phi) is 8.91. The lowest BCUT2D eigenvalue weighted by atomic mass is 10.2. The van der Waals surface area contributed by atoms with Gasteiger partial charge in [0.25, 0.3) is 0 Å². The first-order valence-corrected chi connectivity index (χ1v) is 8.24. The first-order valence-electron chi connectivity index (χ1n) is 7.19. The number of aromatic hydroxyl groups is 1. The second-order valence-corrected chi connectivity index (χ2v) is 6.29. The van der Waals surface area contributed by atoms with Crippen LogP contribution < -0.4 is 10.6 Å². The molecule has 0 aromatic heterocycles. The zero-order valence-electron chi connectivity index (χ0n) is 12.3. The molecular weight excluding hydrogens is 397 g/mol. The number of thioether (sulfide) groups is 1. The van der Waals surface area contributed by atoms with Crippen LogP contribution in [0.15, 0.2) is 29.3 Å². The Morgan fingerprint density at radius 2 is 2.29 bits per heavy atom. The number of hydrogen-bond acceptors (Lipinski definition) is 3. The van der Waals surface area contributed by atoms with E-state index < -0.39 is 0 Å². The van der Waals surface area contributed by atoms with Crippen molar-refractivity contribution in [3.8, 4) is 5.75 Å². The summed E-state index contributed by atoms with van der Waals surface area (Å²) in [6.07, 6.45) is 2.62. The van der Waals surface area contributed by atoms with Crippen molar-refractivity contribution in [3.63, 3.8) is 0 Å². The highest BCUT2D eigenvalue weighted by molar-refractivity contribution is 14.0. The molecule has 1 aromatic rings. The summed E-state index contributed by atoms with van der Waals surface area (Å²) in [6, 6.07) is 7.24. The Hall–Kier alpha value is -0.630. The first kappa shape index (κ1) is 18.4. The number of phenols is 1. The monoisotopic (exact) mass is 421 g/mol. The van der Waals surface area contributed by atoms with E-state index in [0.717, 1.165) is 24.6 Å². The van der Waals surface area contributed by atoms with Gasteiger partial charge in [-0.15, -0.1) is 24.0 Å². The predicted octanol–water partition coefficient (Wildman–Crippen LogP) is 2.96. The third kappa shape index (κ3) is 6.78. The molecule has 1 unspecified atom stereocenters. The van der Waals surface area contributed by atoms with Gasteiger partial charge in [-0.05, 0) is 43.2 Å². The number of phenolic OH excluding ortho intramolecular Hbond substituents is 1. The lowest BCUT2D eigenvalue weighted by Crippen LogP contribution is -2.40. The molecule has 1 aliphatic heterocycles. The van der Waals surface area contributed by atoms with Gasteiger partial charge in [0.2, 0.25) is 0 Å². The van der Waals surface area contributed by atoms with E-state index in [1.807, 2.05) is 23.9 Å². The summed E-state index contributed by atoms with van der Waals surface area (Å²) in [6.45, 7) is 4.46. The van der Waals surface area contributed by atoms with Crippen LogP contribution in [0.25, 0.3) is 0 Å². The van der Waals surface area contributed by atoms with E-state index in [1.54, 1.807) is 12.1 Å². The molecule has 6 heteroatoms. The quantitative estimate of drug-likeness (QED) is 0.389. The molecule has 0 bridgehead atoms. The third-order valence-corrected chi connectivity index (χ3v) is 4.59. The molecule has 1 saturated heterocycles. The zero-order chi connectivity index (χ0) is 14.2. The first-order chi connectivity index (χ1) is 9.78. The maximum Gasteiger partial charge on any atom is 0.191 e. The number of nitrogens with zero attached hydrogens (tertiary/aromatic N) is 1. The van der Waals surface area contributed by atoms with Crippen LogP contribution in [0.2, 0.25) is 0 Å². The fourth-order valence-electron chi connectivity index (χ4n) is 2.18. The van der Waals surface area contributed by atoms with E-state index in [0.29, 0.717) is 11.8 Å². The van der Waals surface area contributed by atoms with Crippen LogP contribution in [-0.4, -0.2) is 35.2 Å². The number of benzene rings is 1. The van der Waals surface area contributed by atoms with Crippen LogP contribution in [0.5, 0.6) is 5.75 Å².